The van der Waals surface area contributed by atoms with Gasteiger partial charge in [0.15, 0.2) is 0 Å². The highest BCUT2D eigenvalue weighted by Crippen LogP contribution is 2.34. The van der Waals surface area contributed by atoms with Gasteiger partial charge in [-0.25, -0.2) is 0 Å². The van der Waals surface area contributed by atoms with Crippen LogP contribution in [-0.4, -0.2) is 47.4 Å². The molecule has 2 atom stereocenters. The summed E-state index contributed by atoms with van der Waals surface area (Å²) < 4.78 is 5.45. The smallest absolute Gasteiger partial charge is 0.248 e. The number of nitrogens with zero attached hydrogens (tertiary/aromatic N) is 1. The van der Waals surface area contributed by atoms with Crippen molar-refractivity contribution in [1.29, 1.82) is 0 Å². The van der Waals surface area contributed by atoms with Crippen LogP contribution in [0, 0.1) is 0 Å². The average molecular weight is 393 g/mol. The van der Waals surface area contributed by atoms with Crippen molar-refractivity contribution >= 4 is 11.8 Å². The van der Waals surface area contributed by atoms with E-state index in [9.17, 15) is 14.4 Å². The fraction of sp³-hybridized carbons (Fsp3) is 0.318. The zero-order valence-corrected chi connectivity index (χ0v) is 16.0. The van der Waals surface area contributed by atoms with E-state index in [0.29, 0.717) is 18.7 Å². The Hall–Kier alpha value is -3.19. The van der Waals surface area contributed by atoms with Crippen LogP contribution in [0.1, 0.15) is 22.6 Å². The largest absolute Gasteiger partial charge is 0.367 e. The molecule has 7 heteroatoms. The van der Waals surface area contributed by atoms with Crippen LogP contribution in [0.2, 0.25) is 0 Å². The number of benzene rings is 1. The maximum Gasteiger partial charge on any atom is 0.248 e. The lowest BCUT2D eigenvalue weighted by atomic mass is 9.77. The molecule has 1 aliphatic heterocycles. The van der Waals surface area contributed by atoms with Crippen molar-refractivity contribution < 1.29 is 14.3 Å². The first kappa shape index (κ1) is 19.1. The maximum atomic E-state index is 12.6. The summed E-state index contributed by atoms with van der Waals surface area (Å²) in [4.78, 5) is 40.5. The molecular formula is C22H23N3O4. The van der Waals surface area contributed by atoms with Gasteiger partial charge in [0, 0.05) is 25.4 Å². The molecule has 4 rings (SSSR count). The van der Waals surface area contributed by atoms with Gasteiger partial charge in [0.05, 0.1) is 18.6 Å². The predicted molar refractivity (Wildman–Crippen MR) is 107 cm³/mol. The van der Waals surface area contributed by atoms with Crippen LogP contribution in [0.4, 0.5) is 0 Å². The van der Waals surface area contributed by atoms with Crippen molar-refractivity contribution in [3.05, 3.63) is 81.8 Å². The molecule has 1 aliphatic carbocycles. The molecule has 1 aromatic carbocycles. The van der Waals surface area contributed by atoms with E-state index >= 15 is 0 Å². The van der Waals surface area contributed by atoms with E-state index in [1.54, 1.807) is 17.2 Å². The fourth-order valence-electron chi connectivity index (χ4n) is 3.72. The summed E-state index contributed by atoms with van der Waals surface area (Å²) in [5, 5.41) is 3.04. The number of nitrogens with one attached hydrogen (secondary N) is 2. The van der Waals surface area contributed by atoms with Gasteiger partial charge < -0.3 is 19.9 Å². The number of aromatic nitrogens is 1. The van der Waals surface area contributed by atoms with Crippen LogP contribution in [0.3, 0.4) is 0 Å². The van der Waals surface area contributed by atoms with E-state index in [4.69, 9.17) is 4.74 Å². The van der Waals surface area contributed by atoms with Gasteiger partial charge in [-0.2, -0.15) is 0 Å². The van der Waals surface area contributed by atoms with Gasteiger partial charge in [-0.3, -0.25) is 14.4 Å². The number of carbonyl (C=O) groups excluding carboxylic acids is 2. The number of ether oxygens (including phenoxy) is 1. The maximum absolute atomic E-state index is 12.6. The van der Waals surface area contributed by atoms with Crippen LogP contribution in [0.15, 0.2) is 59.5 Å². The summed E-state index contributed by atoms with van der Waals surface area (Å²) in [7, 11) is 0. The molecule has 2 heterocycles. The highest BCUT2D eigenvalue weighted by molar-refractivity contribution is 5.87. The van der Waals surface area contributed by atoms with Gasteiger partial charge in [0.2, 0.25) is 17.4 Å². The highest BCUT2D eigenvalue weighted by atomic mass is 16.5. The summed E-state index contributed by atoms with van der Waals surface area (Å²) in [6.45, 7) is 1.04. The Kier molecular flexibility index (Phi) is 5.57. The van der Waals surface area contributed by atoms with E-state index in [0.717, 1.165) is 12.0 Å². The summed E-state index contributed by atoms with van der Waals surface area (Å²) >= 11 is 0. The van der Waals surface area contributed by atoms with Crippen LogP contribution in [0.25, 0.3) is 0 Å². The van der Waals surface area contributed by atoms with Gasteiger partial charge in [0.1, 0.15) is 6.61 Å². The normalized spacial score (nSPS) is 19.9. The van der Waals surface area contributed by atoms with E-state index in [2.05, 4.69) is 10.3 Å². The molecule has 0 spiro atoms. The number of H-pyrrole nitrogens is 1. The average Bonchev–Trinajstić information content (AvgIpc) is 2.69. The Labute approximate surface area is 168 Å². The molecule has 29 heavy (non-hydrogen) atoms. The molecule has 1 aromatic heterocycles. The third kappa shape index (κ3) is 4.46. The van der Waals surface area contributed by atoms with Crippen molar-refractivity contribution in [3.8, 4) is 0 Å². The third-order valence-corrected chi connectivity index (χ3v) is 5.30. The second kappa shape index (κ2) is 8.45. The fourth-order valence-corrected chi connectivity index (χ4v) is 3.72. The van der Waals surface area contributed by atoms with Crippen LogP contribution in [0.5, 0.6) is 0 Å². The lowest BCUT2D eigenvalue weighted by Gasteiger charge is -2.33. The molecule has 2 aromatic rings. The SMILES string of the molecule is O=C(NC1C=CCN(C(=O)COCc2cc[nH]c(=O)c2)C1)C1Cc2ccccc21. The highest BCUT2D eigenvalue weighted by Gasteiger charge is 2.33. The van der Waals surface area contributed by atoms with Crippen molar-refractivity contribution in [2.45, 2.75) is 25.0 Å². The van der Waals surface area contributed by atoms with Crippen molar-refractivity contribution in [3.63, 3.8) is 0 Å². The van der Waals surface area contributed by atoms with E-state index < -0.39 is 0 Å². The monoisotopic (exact) mass is 393 g/mol. The molecular weight excluding hydrogens is 370 g/mol. The molecule has 0 radical (unpaired) electrons. The Morgan fingerprint density at radius 1 is 1.24 bits per heavy atom. The first-order chi connectivity index (χ1) is 14.1. The molecule has 2 aliphatic rings. The first-order valence-corrected chi connectivity index (χ1v) is 9.68. The van der Waals surface area contributed by atoms with Crippen molar-refractivity contribution in [2.24, 2.45) is 0 Å². The van der Waals surface area contributed by atoms with E-state index in [-0.39, 0.29) is 42.5 Å². The summed E-state index contributed by atoms with van der Waals surface area (Å²) in [5.41, 5.74) is 2.82. The van der Waals surface area contributed by atoms with Crippen LogP contribution in [-0.2, 0) is 27.4 Å². The molecule has 7 nitrogen and oxygen atoms in total. The molecule has 0 saturated carbocycles. The molecule has 2 amide bonds. The molecule has 0 bridgehead atoms. The quantitative estimate of drug-likeness (QED) is 0.720. The number of hydrogen-bond donors (Lipinski definition) is 2. The van der Waals surface area contributed by atoms with Gasteiger partial charge in [0.25, 0.3) is 0 Å². The third-order valence-electron chi connectivity index (χ3n) is 5.30. The second-order valence-electron chi connectivity index (χ2n) is 7.35. The number of aromatic amines is 1. The summed E-state index contributed by atoms with van der Waals surface area (Å²) in [5.74, 6) is -0.256. The minimum Gasteiger partial charge on any atom is -0.367 e. The van der Waals surface area contributed by atoms with Gasteiger partial charge in [-0.15, -0.1) is 0 Å². The van der Waals surface area contributed by atoms with Crippen molar-refractivity contribution in [1.82, 2.24) is 15.2 Å². The lowest BCUT2D eigenvalue weighted by molar-refractivity contribution is -0.137. The Bertz CT molecular complexity index is 997. The minimum absolute atomic E-state index is 0.00167. The number of amides is 2. The number of rotatable bonds is 6. The molecule has 150 valence electrons. The zero-order chi connectivity index (χ0) is 20.2. The Morgan fingerprint density at radius 3 is 2.93 bits per heavy atom. The minimum atomic E-state index is -0.208. The van der Waals surface area contributed by atoms with Gasteiger partial charge in [-0.05, 0) is 29.2 Å². The van der Waals surface area contributed by atoms with Crippen LogP contribution >= 0.6 is 0 Å². The molecule has 2 unspecified atom stereocenters. The number of fused-ring (bicyclic) bond motifs is 1. The zero-order valence-electron chi connectivity index (χ0n) is 16.0. The Balaban J connectivity index is 1.25. The summed E-state index contributed by atoms with van der Waals surface area (Å²) in [6.07, 6.45) is 6.13. The Morgan fingerprint density at radius 2 is 2.10 bits per heavy atom. The van der Waals surface area contributed by atoms with Gasteiger partial charge >= 0.3 is 0 Å². The van der Waals surface area contributed by atoms with E-state index in [1.807, 2.05) is 36.4 Å². The number of carbonyl (C=O) groups is 2. The molecule has 0 fully saturated rings. The molecule has 2 N–H and O–H groups in total. The summed E-state index contributed by atoms with van der Waals surface area (Å²) in [6, 6.07) is 10.9. The first-order valence-electron chi connectivity index (χ1n) is 9.68. The predicted octanol–water partition coefficient (Wildman–Crippen LogP) is 1.11. The van der Waals surface area contributed by atoms with Crippen LogP contribution < -0.4 is 10.9 Å². The van der Waals surface area contributed by atoms with Gasteiger partial charge in [-0.1, -0.05) is 36.4 Å². The number of hydrogen-bond acceptors (Lipinski definition) is 4. The standard InChI is InChI=1S/C22H23N3O4/c26-20-10-15(7-8-23-20)13-29-14-21(27)25-9-3-5-17(12-25)24-22(28)19-11-16-4-1-2-6-18(16)19/h1-8,10,17,19H,9,11-14H2,(H,23,26)(H,24,28). The number of pyridine rings is 1. The van der Waals surface area contributed by atoms with E-state index in [1.165, 1.54) is 11.6 Å². The second-order valence-corrected chi connectivity index (χ2v) is 7.35. The lowest BCUT2D eigenvalue weighted by Crippen LogP contribution is -2.50. The molecule has 0 saturated heterocycles. The topological polar surface area (TPSA) is 91.5 Å². The van der Waals surface area contributed by atoms with Crippen molar-refractivity contribution in [2.75, 3.05) is 19.7 Å².